The summed E-state index contributed by atoms with van der Waals surface area (Å²) in [5, 5.41) is 0. The average molecular weight is 398 g/mol. The normalized spacial score (nSPS) is 15.2. The van der Waals surface area contributed by atoms with Gasteiger partial charge >= 0.3 is 35.9 Å². The van der Waals surface area contributed by atoms with Gasteiger partial charge in [-0.2, -0.15) is 52.7 Å². The van der Waals surface area contributed by atoms with Gasteiger partial charge in [0.15, 0.2) is 0 Å². The highest BCUT2D eigenvalue weighted by atomic mass is 19.4. The lowest BCUT2D eigenvalue weighted by atomic mass is 10.1. The topological polar surface area (TPSA) is 9.23 Å². The number of alkyl halides is 12. The number of halogens is 12. The van der Waals surface area contributed by atoms with Crippen molar-refractivity contribution in [1.82, 2.24) is 0 Å². The SMILES string of the molecule is C=CCC(F)(F)C(F)(F)C(F)(F)OC(F)(F)C(F)(F)C(F)(F)CC=C. The molecule has 0 aliphatic carbocycles. The minimum Gasteiger partial charge on any atom is -0.245 e. The Hall–Kier alpha value is -1.40. The van der Waals surface area contributed by atoms with Gasteiger partial charge in [-0.15, -0.1) is 13.2 Å². The van der Waals surface area contributed by atoms with Crippen LogP contribution in [0.3, 0.4) is 0 Å². The fraction of sp³-hybridized carbons (Fsp3) is 0.667. The quantitative estimate of drug-likeness (QED) is 0.330. The summed E-state index contributed by atoms with van der Waals surface area (Å²) in [4.78, 5) is 0. The second-order valence-electron chi connectivity index (χ2n) is 4.68. The van der Waals surface area contributed by atoms with Crippen molar-refractivity contribution in [2.45, 2.75) is 48.7 Å². The number of rotatable bonds is 10. The van der Waals surface area contributed by atoms with Crippen molar-refractivity contribution in [2.75, 3.05) is 0 Å². The summed E-state index contributed by atoms with van der Waals surface area (Å²) in [6, 6.07) is 0. The number of ether oxygens (including phenoxy) is 1. The molecule has 13 heteroatoms. The summed E-state index contributed by atoms with van der Waals surface area (Å²) in [5.41, 5.74) is 0. The molecule has 148 valence electrons. The lowest BCUT2D eigenvalue weighted by Gasteiger charge is -2.37. The molecule has 0 bridgehead atoms. The highest BCUT2D eigenvalue weighted by Gasteiger charge is 2.80. The zero-order valence-electron chi connectivity index (χ0n) is 11.9. The van der Waals surface area contributed by atoms with E-state index in [0.717, 1.165) is 0 Å². The molecule has 0 N–H and O–H groups in total. The van der Waals surface area contributed by atoms with Gasteiger partial charge < -0.3 is 0 Å². The van der Waals surface area contributed by atoms with Crippen molar-refractivity contribution in [2.24, 2.45) is 0 Å². The van der Waals surface area contributed by atoms with E-state index in [0.29, 0.717) is 0 Å². The van der Waals surface area contributed by atoms with Gasteiger partial charge in [-0.1, -0.05) is 12.2 Å². The second-order valence-corrected chi connectivity index (χ2v) is 4.68. The second kappa shape index (κ2) is 6.72. The van der Waals surface area contributed by atoms with Crippen molar-refractivity contribution in [1.29, 1.82) is 0 Å². The van der Waals surface area contributed by atoms with Gasteiger partial charge in [-0.05, 0) is 0 Å². The summed E-state index contributed by atoms with van der Waals surface area (Å²) < 4.78 is 158. The Labute approximate surface area is 132 Å². The summed E-state index contributed by atoms with van der Waals surface area (Å²) in [7, 11) is 0. The third-order valence-electron chi connectivity index (χ3n) is 2.71. The van der Waals surface area contributed by atoms with E-state index in [1.165, 1.54) is 0 Å². The van der Waals surface area contributed by atoms with Gasteiger partial charge in [0.1, 0.15) is 0 Å². The summed E-state index contributed by atoms with van der Waals surface area (Å²) in [6.45, 7) is 5.06. The van der Waals surface area contributed by atoms with E-state index in [2.05, 4.69) is 13.2 Å². The smallest absolute Gasteiger partial charge is 0.245 e. The van der Waals surface area contributed by atoms with Gasteiger partial charge in [-0.25, -0.2) is 4.74 Å². The molecule has 0 atom stereocenters. The third-order valence-corrected chi connectivity index (χ3v) is 2.71. The Morgan fingerprint density at radius 2 is 0.800 bits per heavy atom. The number of allylic oxidation sites excluding steroid dienone is 2. The monoisotopic (exact) mass is 398 g/mol. The third kappa shape index (κ3) is 4.06. The van der Waals surface area contributed by atoms with Crippen molar-refractivity contribution in [3.8, 4) is 0 Å². The molecule has 0 heterocycles. The van der Waals surface area contributed by atoms with Crippen molar-refractivity contribution in [3.63, 3.8) is 0 Å². The highest BCUT2D eigenvalue weighted by Crippen LogP contribution is 2.54. The van der Waals surface area contributed by atoms with Crippen LogP contribution in [0, 0.1) is 0 Å². The molecule has 0 saturated carbocycles. The van der Waals surface area contributed by atoms with Crippen molar-refractivity contribution < 1.29 is 57.4 Å². The molecule has 1 nitrogen and oxygen atoms in total. The van der Waals surface area contributed by atoms with Crippen LogP contribution >= 0.6 is 0 Å². The van der Waals surface area contributed by atoms with Crippen LogP contribution in [0.4, 0.5) is 52.7 Å². The van der Waals surface area contributed by atoms with E-state index < -0.39 is 48.7 Å². The Balaban J connectivity index is 5.86. The predicted molar refractivity (Wildman–Crippen MR) is 60.4 cm³/mol. The van der Waals surface area contributed by atoms with Gasteiger partial charge in [0.05, 0.1) is 0 Å². The first kappa shape index (κ1) is 23.6. The number of hydrogen-bond acceptors (Lipinski definition) is 1. The largest absolute Gasteiger partial charge is 0.430 e. The molecule has 0 saturated heterocycles. The zero-order chi connectivity index (χ0) is 20.5. The van der Waals surface area contributed by atoms with Crippen molar-refractivity contribution >= 4 is 0 Å². The van der Waals surface area contributed by atoms with Crippen LogP contribution in [0.1, 0.15) is 12.8 Å². The first-order chi connectivity index (χ1) is 10.8. The molecular weight excluding hydrogens is 388 g/mol. The molecule has 0 aliphatic heterocycles. The van der Waals surface area contributed by atoms with Crippen LogP contribution in [0.5, 0.6) is 0 Å². The number of hydrogen-bond donors (Lipinski definition) is 0. The standard InChI is InChI=1S/C12H10F12O/c1-3-5-7(13,14)9(17,18)11(21,22)25-12(23,24)10(19,20)8(15,16)6-4-2/h3-4H,1-2,5-6H2. The van der Waals surface area contributed by atoms with Crippen LogP contribution < -0.4 is 0 Å². The Morgan fingerprint density at radius 3 is 1.00 bits per heavy atom. The van der Waals surface area contributed by atoms with E-state index in [1.54, 1.807) is 0 Å². The van der Waals surface area contributed by atoms with E-state index in [-0.39, 0.29) is 12.2 Å². The van der Waals surface area contributed by atoms with E-state index in [4.69, 9.17) is 0 Å². The maximum atomic E-state index is 13.1. The molecular formula is C12H10F12O. The minimum atomic E-state index is -6.93. The molecule has 0 amide bonds. The Kier molecular flexibility index (Phi) is 6.35. The molecule has 0 aromatic heterocycles. The predicted octanol–water partition coefficient (Wildman–Crippen LogP) is 5.88. The van der Waals surface area contributed by atoms with E-state index >= 15 is 0 Å². The molecule has 0 spiro atoms. The fourth-order valence-corrected chi connectivity index (χ4v) is 1.33. The Bertz CT molecular complexity index is 452. The van der Waals surface area contributed by atoms with Crippen LogP contribution in [0.15, 0.2) is 25.3 Å². The average Bonchev–Trinajstić information content (AvgIpc) is 2.36. The lowest BCUT2D eigenvalue weighted by Crippen LogP contribution is -2.62. The zero-order valence-corrected chi connectivity index (χ0v) is 11.9. The van der Waals surface area contributed by atoms with Crippen LogP contribution in [0.2, 0.25) is 0 Å². The molecule has 0 fully saturated rings. The highest BCUT2D eigenvalue weighted by molar-refractivity contribution is 4.99. The summed E-state index contributed by atoms with van der Waals surface area (Å²) in [5.74, 6) is -25.0. The van der Waals surface area contributed by atoms with Gasteiger partial charge in [-0.3, -0.25) is 0 Å². The first-order valence-corrected chi connectivity index (χ1v) is 6.02. The molecule has 0 aromatic carbocycles. The van der Waals surface area contributed by atoms with Crippen LogP contribution in [-0.4, -0.2) is 35.9 Å². The summed E-state index contributed by atoms with van der Waals surface area (Å²) in [6.07, 6.45) is -18.2. The van der Waals surface area contributed by atoms with E-state index in [9.17, 15) is 52.7 Å². The van der Waals surface area contributed by atoms with Crippen LogP contribution in [0.25, 0.3) is 0 Å². The molecule has 0 aliphatic rings. The van der Waals surface area contributed by atoms with E-state index in [1.807, 2.05) is 4.74 Å². The molecule has 0 radical (unpaired) electrons. The van der Waals surface area contributed by atoms with Gasteiger partial charge in [0.2, 0.25) is 0 Å². The van der Waals surface area contributed by atoms with Crippen LogP contribution in [-0.2, 0) is 4.74 Å². The summed E-state index contributed by atoms with van der Waals surface area (Å²) >= 11 is 0. The molecule has 0 rings (SSSR count). The molecule has 25 heavy (non-hydrogen) atoms. The maximum absolute atomic E-state index is 13.1. The lowest BCUT2D eigenvalue weighted by molar-refractivity contribution is -0.499. The first-order valence-electron chi connectivity index (χ1n) is 6.02. The molecule has 0 aromatic rings. The van der Waals surface area contributed by atoms with Crippen molar-refractivity contribution in [3.05, 3.63) is 25.3 Å². The maximum Gasteiger partial charge on any atom is 0.430 e. The fourth-order valence-electron chi connectivity index (χ4n) is 1.33. The van der Waals surface area contributed by atoms with Gasteiger partial charge in [0, 0.05) is 12.8 Å². The Morgan fingerprint density at radius 1 is 0.560 bits per heavy atom. The minimum absolute atomic E-state index is 0.00890. The molecule has 0 unspecified atom stereocenters. The van der Waals surface area contributed by atoms with Gasteiger partial charge in [0.25, 0.3) is 0 Å².